The van der Waals surface area contributed by atoms with Gasteiger partial charge >= 0.3 is 0 Å². The Bertz CT molecular complexity index is 1410. The number of H-pyrrole nitrogens is 1. The molecular formula is C24H21N7OS. The van der Waals surface area contributed by atoms with E-state index in [1.165, 1.54) is 0 Å². The highest BCUT2D eigenvalue weighted by Gasteiger charge is 2.14. The third-order valence-corrected chi connectivity index (χ3v) is 6.19. The molecule has 3 aromatic heterocycles. The standard InChI is InChI=1S/C24H21N7OS/c25-21-10-11-31(15-18-7-4-12-33-18)24(32)22(21)26-14-16-8-9-19(17-5-2-1-3-6-17)20(13-16)23-27-29-30-28-23/h1-13,26H,14-15,25H2,(H,27,28,29,30). The van der Waals surface area contributed by atoms with Gasteiger partial charge in [0.05, 0.1) is 12.2 Å². The van der Waals surface area contributed by atoms with Crippen molar-refractivity contribution in [3.05, 3.63) is 99.1 Å². The summed E-state index contributed by atoms with van der Waals surface area (Å²) < 4.78 is 1.66. The van der Waals surface area contributed by atoms with Crippen molar-refractivity contribution in [1.29, 1.82) is 0 Å². The molecular weight excluding hydrogens is 434 g/mol. The van der Waals surface area contributed by atoms with E-state index >= 15 is 0 Å². The van der Waals surface area contributed by atoms with Crippen LogP contribution in [0.15, 0.2) is 83.1 Å². The Balaban J connectivity index is 1.44. The number of nitrogens with one attached hydrogen (secondary N) is 2. The van der Waals surface area contributed by atoms with Crippen molar-refractivity contribution in [2.75, 3.05) is 11.1 Å². The third-order valence-electron chi connectivity index (χ3n) is 5.33. The van der Waals surface area contributed by atoms with Crippen LogP contribution >= 0.6 is 11.3 Å². The minimum absolute atomic E-state index is 0.150. The SMILES string of the molecule is Nc1ccn(Cc2cccs2)c(=O)c1NCc1ccc(-c2ccccc2)c(-c2nn[nH]n2)c1. The molecule has 0 unspecified atom stereocenters. The Morgan fingerprint density at radius 3 is 2.67 bits per heavy atom. The first-order chi connectivity index (χ1) is 16.2. The molecule has 0 spiro atoms. The zero-order valence-corrected chi connectivity index (χ0v) is 18.4. The van der Waals surface area contributed by atoms with Gasteiger partial charge in [0, 0.05) is 23.2 Å². The van der Waals surface area contributed by atoms with Crippen molar-refractivity contribution in [2.24, 2.45) is 0 Å². The summed E-state index contributed by atoms with van der Waals surface area (Å²) in [5.41, 5.74) is 10.7. The molecule has 164 valence electrons. The van der Waals surface area contributed by atoms with Crippen LogP contribution in [0.3, 0.4) is 0 Å². The number of hydrogen-bond acceptors (Lipinski definition) is 7. The minimum atomic E-state index is -0.150. The van der Waals surface area contributed by atoms with Gasteiger partial charge in [-0.1, -0.05) is 48.5 Å². The molecule has 0 aliphatic carbocycles. The smallest absolute Gasteiger partial charge is 0.276 e. The number of aromatic nitrogens is 5. The molecule has 0 saturated heterocycles. The number of rotatable bonds is 7. The van der Waals surface area contributed by atoms with Crippen molar-refractivity contribution in [3.63, 3.8) is 0 Å². The summed E-state index contributed by atoms with van der Waals surface area (Å²) in [6.45, 7) is 0.932. The summed E-state index contributed by atoms with van der Waals surface area (Å²) in [5, 5.41) is 19.8. The molecule has 5 aromatic rings. The van der Waals surface area contributed by atoms with E-state index in [2.05, 4.69) is 25.9 Å². The number of nitrogen functional groups attached to an aromatic ring is 1. The van der Waals surface area contributed by atoms with E-state index in [0.29, 0.717) is 30.3 Å². The van der Waals surface area contributed by atoms with Gasteiger partial charge in [0.1, 0.15) is 5.69 Å². The Labute approximate surface area is 193 Å². The van der Waals surface area contributed by atoms with Crippen LogP contribution in [0.4, 0.5) is 11.4 Å². The Kier molecular flexibility index (Phi) is 5.69. The maximum Gasteiger partial charge on any atom is 0.276 e. The molecule has 0 radical (unpaired) electrons. The van der Waals surface area contributed by atoms with E-state index in [1.807, 2.05) is 66.0 Å². The average Bonchev–Trinajstić information content (AvgIpc) is 3.56. The molecule has 2 aromatic carbocycles. The van der Waals surface area contributed by atoms with Gasteiger partial charge in [-0.3, -0.25) is 4.79 Å². The maximum atomic E-state index is 13.0. The molecule has 0 fully saturated rings. The van der Waals surface area contributed by atoms with Crippen LogP contribution in [0.5, 0.6) is 0 Å². The molecule has 33 heavy (non-hydrogen) atoms. The lowest BCUT2D eigenvalue weighted by atomic mass is 9.97. The molecule has 0 saturated carbocycles. The number of nitrogens with two attached hydrogens (primary N) is 1. The largest absolute Gasteiger partial charge is 0.397 e. The van der Waals surface area contributed by atoms with Crippen LogP contribution in [0.1, 0.15) is 10.4 Å². The van der Waals surface area contributed by atoms with E-state index in [-0.39, 0.29) is 5.56 Å². The highest BCUT2D eigenvalue weighted by molar-refractivity contribution is 7.09. The van der Waals surface area contributed by atoms with Crippen molar-refractivity contribution in [3.8, 4) is 22.5 Å². The molecule has 0 amide bonds. The number of benzene rings is 2. The molecule has 0 aliphatic heterocycles. The van der Waals surface area contributed by atoms with Crippen molar-refractivity contribution >= 4 is 22.7 Å². The summed E-state index contributed by atoms with van der Waals surface area (Å²) in [4.78, 5) is 14.1. The van der Waals surface area contributed by atoms with E-state index in [0.717, 1.165) is 27.1 Å². The first-order valence-corrected chi connectivity index (χ1v) is 11.2. The van der Waals surface area contributed by atoms with E-state index in [4.69, 9.17) is 5.73 Å². The van der Waals surface area contributed by atoms with Crippen LogP contribution in [-0.4, -0.2) is 25.2 Å². The zero-order valence-electron chi connectivity index (χ0n) is 17.6. The van der Waals surface area contributed by atoms with Crippen LogP contribution in [0, 0.1) is 0 Å². The highest BCUT2D eigenvalue weighted by Crippen LogP contribution is 2.31. The number of nitrogens with zero attached hydrogens (tertiary/aromatic N) is 4. The van der Waals surface area contributed by atoms with Gasteiger partial charge in [0.2, 0.25) is 5.82 Å². The van der Waals surface area contributed by atoms with Gasteiger partial charge in [-0.25, -0.2) is 0 Å². The number of aromatic amines is 1. The minimum Gasteiger partial charge on any atom is -0.397 e. The molecule has 8 nitrogen and oxygen atoms in total. The number of pyridine rings is 1. The fraction of sp³-hybridized carbons (Fsp3) is 0.0833. The van der Waals surface area contributed by atoms with Crippen LogP contribution in [0.2, 0.25) is 0 Å². The summed E-state index contributed by atoms with van der Waals surface area (Å²) in [6, 6.07) is 21.8. The molecule has 3 heterocycles. The second-order valence-electron chi connectivity index (χ2n) is 7.49. The first kappa shape index (κ1) is 20.7. The summed E-state index contributed by atoms with van der Waals surface area (Å²) >= 11 is 1.62. The molecule has 9 heteroatoms. The van der Waals surface area contributed by atoms with Crippen molar-refractivity contribution in [1.82, 2.24) is 25.2 Å². The van der Waals surface area contributed by atoms with Gasteiger partial charge in [-0.05, 0) is 45.5 Å². The van der Waals surface area contributed by atoms with Crippen molar-refractivity contribution in [2.45, 2.75) is 13.1 Å². The zero-order chi connectivity index (χ0) is 22.6. The van der Waals surface area contributed by atoms with Crippen molar-refractivity contribution < 1.29 is 0 Å². The summed E-state index contributed by atoms with van der Waals surface area (Å²) in [7, 11) is 0. The average molecular weight is 456 g/mol. The lowest BCUT2D eigenvalue weighted by Crippen LogP contribution is -2.24. The molecule has 5 rings (SSSR count). The monoisotopic (exact) mass is 455 g/mol. The molecule has 0 bridgehead atoms. The predicted molar refractivity (Wildman–Crippen MR) is 131 cm³/mol. The lowest BCUT2D eigenvalue weighted by Gasteiger charge is -2.14. The number of hydrogen-bond donors (Lipinski definition) is 3. The van der Waals surface area contributed by atoms with Gasteiger partial charge in [0.15, 0.2) is 0 Å². The van der Waals surface area contributed by atoms with E-state index in [1.54, 1.807) is 28.2 Å². The van der Waals surface area contributed by atoms with Gasteiger partial charge < -0.3 is 15.6 Å². The van der Waals surface area contributed by atoms with Crippen LogP contribution < -0.4 is 16.6 Å². The summed E-state index contributed by atoms with van der Waals surface area (Å²) in [5.74, 6) is 0.508. The normalized spacial score (nSPS) is 10.9. The highest BCUT2D eigenvalue weighted by atomic mass is 32.1. The number of thiophene rings is 1. The quantitative estimate of drug-likeness (QED) is 0.342. The second kappa shape index (κ2) is 9.09. The first-order valence-electron chi connectivity index (χ1n) is 10.4. The summed E-state index contributed by atoms with van der Waals surface area (Å²) in [6.07, 6.45) is 1.73. The third kappa shape index (κ3) is 4.39. The predicted octanol–water partition coefficient (Wildman–Crippen LogP) is 4.00. The van der Waals surface area contributed by atoms with E-state index < -0.39 is 0 Å². The number of tetrazole rings is 1. The van der Waals surface area contributed by atoms with Crippen LogP contribution in [0.25, 0.3) is 22.5 Å². The molecule has 0 aliphatic rings. The fourth-order valence-electron chi connectivity index (χ4n) is 3.68. The van der Waals surface area contributed by atoms with E-state index in [9.17, 15) is 4.79 Å². The second-order valence-corrected chi connectivity index (χ2v) is 8.53. The fourth-order valence-corrected chi connectivity index (χ4v) is 4.39. The Hall–Kier alpha value is -4.24. The van der Waals surface area contributed by atoms with Crippen LogP contribution in [-0.2, 0) is 13.1 Å². The molecule has 0 atom stereocenters. The molecule has 4 N–H and O–H groups in total. The van der Waals surface area contributed by atoms with Gasteiger partial charge in [-0.2, -0.15) is 5.21 Å². The maximum absolute atomic E-state index is 13.0. The lowest BCUT2D eigenvalue weighted by molar-refractivity contribution is 0.771. The Morgan fingerprint density at radius 1 is 1.03 bits per heavy atom. The van der Waals surface area contributed by atoms with Gasteiger partial charge in [0.25, 0.3) is 5.56 Å². The topological polar surface area (TPSA) is 115 Å². The van der Waals surface area contributed by atoms with Gasteiger partial charge in [-0.15, -0.1) is 21.5 Å². The number of anilines is 2. The Morgan fingerprint density at radius 2 is 1.91 bits per heavy atom.